The maximum Gasteiger partial charge on any atom is 0.273 e. The quantitative estimate of drug-likeness (QED) is 0.453. The van der Waals surface area contributed by atoms with E-state index in [9.17, 15) is 9.18 Å². The lowest BCUT2D eigenvalue weighted by Crippen LogP contribution is -2.31. The molecule has 0 spiro atoms. The summed E-state index contributed by atoms with van der Waals surface area (Å²) in [6, 6.07) is 17.7. The van der Waals surface area contributed by atoms with Crippen LogP contribution in [0.3, 0.4) is 0 Å². The van der Waals surface area contributed by atoms with Gasteiger partial charge in [-0.15, -0.1) is 0 Å². The first-order valence-corrected chi connectivity index (χ1v) is 10.9. The normalized spacial score (nSPS) is 15.5. The molecule has 4 aromatic rings. The Balaban J connectivity index is 1.39. The lowest BCUT2D eigenvalue weighted by atomic mass is 10.1. The van der Waals surface area contributed by atoms with Gasteiger partial charge in [0, 0.05) is 36.6 Å². The standard InChI is InChI=1S/C26H22FN5O/c27-21-8-2-1-6-18(21)14-20-7-3-10-23(30-20)25-12-5-13-32(25)26(33)24-11-4-9-22(31-24)19-15-28-17-29-16-19/h1-4,6-11,15-17,25H,5,12-14H2. The second-order valence-electron chi connectivity index (χ2n) is 8.01. The van der Waals surface area contributed by atoms with Crippen molar-refractivity contribution in [1.82, 2.24) is 24.8 Å². The number of carbonyl (C=O) groups excluding carboxylic acids is 1. The molecule has 3 aromatic heterocycles. The van der Waals surface area contributed by atoms with Crippen LogP contribution in [-0.4, -0.2) is 37.3 Å². The summed E-state index contributed by atoms with van der Waals surface area (Å²) in [6.07, 6.45) is 6.93. The van der Waals surface area contributed by atoms with Crippen molar-refractivity contribution in [2.75, 3.05) is 6.54 Å². The Bertz CT molecular complexity index is 1280. The van der Waals surface area contributed by atoms with Gasteiger partial charge in [-0.2, -0.15) is 0 Å². The minimum Gasteiger partial charge on any atom is -0.329 e. The molecule has 0 N–H and O–H groups in total. The van der Waals surface area contributed by atoms with Gasteiger partial charge in [-0.3, -0.25) is 9.78 Å². The first-order valence-electron chi connectivity index (χ1n) is 10.9. The average molecular weight is 439 g/mol. The first kappa shape index (κ1) is 20.9. The van der Waals surface area contributed by atoms with E-state index in [0.717, 1.165) is 29.8 Å². The van der Waals surface area contributed by atoms with Crippen LogP contribution in [0.2, 0.25) is 0 Å². The number of pyridine rings is 2. The maximum absolute atomic E-state index is 14.1. The van der Waals surface area contributed by atoms with Crippen LogP contribution in [0.25, 0.3) is 11.3 Å². The van der Waals surface area contributed by atoms with Gasteiger partial charge in [0.05, 0.1) is 17.4 Å². The van der Waals surface area contributed by atoms with Gasteiger partial charge in [0.2, 0.25) is 0 Å². The van der Waals surface area contributed by atoms with Crippen molar-refractivity contribution in [3.05, 3.63) is 108 Å². The number of rotatable bonds is 5. The van der Waals surface area contributed by atoms with Crippen LogP contribution in [0.1, 0.15) is 46.3 Å². The summed E-state index contributed by atoms with van der Waals surface area (Å²) in [7, 11) is 0. The van der Waals surface area contributed by atoms with Crippen LogP contribution in [0.15, 0.2) is 79.4 Å². The lowest BCUT2D eigenvalue weighted by Gasteiger charge is -2.24. The summed E-state index contributed by atoms with van der Waals surface area (Å²) in [5.41, 5.74) is 4.00. The van der Waals surface area contributed by atoms with Crippen LogP contribution < -0.4 is 0 Å². The molecule has 1 aliphatic rings. The van der Waals surface area contributed by atoms with Gasteiger partial charge in [-0.1, -0.05) is 30.3 Å². The third kappa shape index (κ3) is 4.48. The van der Waals surface area contributed by atoms with Crippen molar-refractivity contribution in [3.63, 3.8) is 0 Å². The molecule has 1 unspecified atom stereocenters. The third-order valence-corrected chi connectivity index (χ3v) is 5.84. The van der Waals surface area contributed by atoms with Gasteiger partial charge in [0.1, 0.15) is 17.8 Å². The SMILES string of the molecule is O=C(c1cccc(-c2cncnc2)n1)N1CCCC1c1cccc(Cc2ccccc2F)n1. The molecule has 1 saturated heterocycles. The van der Waals surface area contributed by atoms with Gasteiger partial charge in [-0.25, -0.2) is 19.3 Å². The van der Waals surface area contributed by atoms with Crippen LogP contribution in [-0.2, 0) is 6.42 Å². The van der Waals surface area contributed by atoms with E-state index < -0.39 is 0 Å². The zero-order valence-corrected chi connectivity index (χ0v) is 17.9. The monoisotopic (exact) mass is 439 g/mol. The Morgan fingerprint density at radius 1 is 0.970 bits per heavy atom. The largest absolute Gasteiger partial charge is 0.329 e. The van der Waals surface area contributed by atoms with E-state index in [2.05, 4.69) is 15.0 Å². The Labute approximate surface area is 191 Å². The van der Waals surface area contributed by atoms with Crippen LogP contribution in [0.4, 0.5) is 4.39 Å². The lowest BCUT2D eigenvalue weighted by molar-refractivity contribution is 0.0727. The highest BCUT2D eigenvalue weighted by atomic mass is 19.1. The Kier molecular flexibility index (Phi) is 5.85. The number of carbonyl (C=O) groups is 1. The third-order valence-electron chi connectivity index (χ3n) is 5.84. The molecule has 6 nitrogen and oxygen atoms in total. The smallest absolute Gasteiger partial charge is 0.273 e. The molecule has 0 saturated carbocycles. The Morgan fingerprint density at radius 2 is 1.79 bits per heavy atom. The molecule has 1 aliphatic heterocycles. The molecule has 1 amide bonds. The Hall–Kier alpha value is -4.00. The van der Waals surface area contributed by atoms with Crippen molar-refractivity contribution in [1.29, 1.82) is 0 Å². The van der Waals surface area contributed by atoms with E-state index in [1.807, 2.05) is 41.3 Å². The predicted octanol–water partition coefficient (Wildman–Crippen LogP) is 4.64. The fourth-order valence-electron chi connectivity index (χ4n) is 4.23. The first-order chi connectivity index (χ1) is 16.2. The highest BCUT2D eigenvalue weighted by molar-refractivity contribution is 5.93. The fourth-order valence-corrected chi connectivity index (χ4v) is 4.23. The molecule has 7 heteroatoms. The van der Waals surface area contributed by atoms with Crippen molar-refractivity contribution in [2.24, 2.45) is 0 Å². The molecule has 1 fully saturated rings. The number of nitrogens with zero attached hydrogens (tertiary/aromatic N) is 5. The summed E-state index contributed by atoms with van der Waals surface area (Å²) in [4.78, 5) is 32.6. The van der Waals surface area contributed by atoms with E-state index in [-0.39, 0.29) is 17.8 Å². The van der Waals surface area contributed by atoms with Crippen molar-refractivity contribution >= 4 is 5.91 Å². The number of halogens is 1. The van der Waals surface area contributed by atoms with E-state index in [0.29, 0.717) is 29.9 Å². The summed E-state index contributed by atoms with van der Waals surface area (Å²) in [5.74, 6) is -0.366. The van der Waals surface area contributed by atoms with E-state index in [4.69, 9.17) is 4.98 Å². The topological polar surface area (TPSA) is 71.9 Å². The number of amides is 1. The summed E-state index contributed by atoms with van der Waals surface area (Å²) in [6.45, 7) is 0.642. The van der Waals surface area contributed by atoms with Crippen molar-refractivity contribution < 1.29 is 9.18 Å². The molecule has 164 valence electrons. The van der Waals surface area contributed by atoms with Gasteiger partial charge in [-0.05, 0) is 48.7 Å². The molecule has 1 atom stereocenters. The van der Waals surface area contributed by atoms with Gasteiger partial charge < -0.3 is 4.90 Å². The highest BCUT2D eigenvalue weighted by Crippen LogP contribution is 2.32. The number of hydrogen-bond acceptors (Lipinski definition) is 5. The minimum atomic E-state index is -0.239. The summed E-state index contributed by atoms with van der Waals surface area (Å²) >= 11 is 0. The van der Waals surface area contributed by atoms with E-state index >= 15 is 0 Å². The van der Waals surface area contributed by atoms with Crippen molar-refractivity contribution in [2.45, 2.75) is 25.3 Å². The molecule has 5 rings (SSSR count). The molecular formula is C26H22FN5O. The second-order valence-corrected chi connectivity index (χ2v) is 8.01. The maximum atomic E-state index is 14.1. The zero-order valence-electron chi connectivity index (χ0n) is 17.9. The van der Waals surface area contributed by atoms with Gasteiger partial charge in [0.25, 0.3) is 5.91 Å². The average Bonchev–Trinajstić information content (AvgIpc) is 3.36. The van der Waals surface area contributed by atoms with Gasteiger partial charge >= 0.3 is 0 Å². The predicted molar refractivity (Wildman–Crippen MR) is 122 cm³/mol. The van der Waals surface area contributed by atoms with Crippen molar-refractivity contribution in [3.8, 4) is 11.3 Å². The van der Waals surface area contributed by atoms with E-state index in [1.54, 1.807) is 30.6 Å². The Morgan fingerprint density at radius 3 is 2.64 bits per heavy atom. The number of hydrogen-bond donors (Lipinski definition) is 0. The number of benzene rings is 1. The number of likely N-dealkylation sites (tertiary alicyclic amines) is 1. The molecule has 0 radical (unpaired) electrons. The van der Waals surface area contributed by atoms with Crippen LogP contribution >= 0.6 is 0 Å². The highest BCUT2D eigenvalue weighted by Gasteiger charge is 2.32. The summed E-state index contributed by atoms with van der Waals surface area (Å²) < 4.78 is 14.1. The molecule has 0 bridgehead atoms. The second kappa shape index (κ2) is 9.24. The molecular weight excluding hydrogens is 417 g/mol. The van der Waals surface area contributed by atoms with Gasteiger partial charge in [0.15, 0.2) is 0 Å². The van der Waals surface area contributed by atoms with Crippen LogP contribution in [0.5, 0.6) is 0 Å². The molecule has 0 aliphatic carbocycles. The molecule has 1 aromatic carbocycles. The minimum absolute atomic E-state index is 0.127. The molecule has 4 heterocycles. The van der Waals surface area contributed by atoms with E-state index in [1.165, 1.54) is 12.4 Å². The fraction of sp³-hybridized carbons (Fsp3) is 0.192. The zero-order chi connectivity index (χ0) is 22.6. The molecule has 33 heavy (non-hydrogen) atoms. The summed E-state index contributed by atoms with van der Waals surface area (Å²) in [5, 5.41) is 0. The number of aromatic nitrogens is 4. The van der Waals surface area contributed by atoms with Crippen LogP contribution in [0, 0.1) is 5.82 Å².